The second-order valence-corrected chi connectivity index (χ2v) is 6.99. The fourth-order valence-electron chi connectivity index (χ4n) is 1.54. The van der Waals surface area contributed by atoms with E-state index in [1.165, 1.54) is 26.0 Å². The average Bonchev–Trinajstić information content (AvgIpc) is 2.67. The van der Waals surface area contributed by atoms with Gasteiger partial charge in [0.05, 0.1) is 11.0 Å². The minimum Gasteiger partial charge on any atom is -0.441 e. The lowest BCUT2D eigenvalue weighted by atomic mass is 10.2. The van der Waals surface area contributed by atoms with E-state index in [9.17, 15) is 8.42 Å². The minimum atomic E-state index is -3.72. The Balaban J connectivity index is 2.66. The van der Waals surface area contributed by atoms with Crippen molar-refractivity contribution in [3.63, 3.8) is 0 Å². The van der Waals surface area contributed by atoms with Gasteiger partial charge in [-0.15, -0.1) is 0 Å². The van der Waals surface area contributed by atoms with Crippen LogP contribution < -0.4 is 0 Å². The first-order valence-corrected chi connectivity index (χ1v) is 6.79. The topological polar surface area (TPSA) is 84.0 Å². The van der Waals surface area contributed by atoms with Crippen LogP contribution in [0.2, 0.25) is 0 Å². The van der Waals surface area contributed by atoms with Gasteiger partial charge < -0.3 is 4.42 Å². The molecule has 2 aromatic rings. The fraction of sp³-hybridized carbons (Fsp3) is 0.333. The molecule has 6 heteroatoms. The van der Waals surface area contributed by atoms with Crippen molar-refractivity contribution in [1.82, 2.24) is 4.98 Å². The van der Waals surface area contributed by atoms with E-state index in [1.807, 2.05) is 0 Å². The predicted molar refractivity (Wildman–Crippen MR) is 65.6 cm³/mol. The highest BCUT2D eigenvalue weighted by Gasteiger charge is 2.36. The molecule has 0 aliphatic rings. The molecule has 1 aromatic heterocycles. The van der Waals surface area contributed by atoms with Crippen LogP contribution in [0.1, 0.15) is 19.7 Å². The van der Waals surface area contributed by atoms with Gasteiger partial charge in [0.25, 0.3) is 0 Å². The molecular formula is C12H12N2O3S. The number of nitrogens with zero attached hydrogens (tertiary/aromatic N) is 2. The molecule has 0 saturated heterocycles. The third-order valence-corrected chi connectivity index (χ3v) is 5.03. The summed E-state index contributed by atoms with van der Waals surface area (Å²) < 4.78 is 28.3. The summed E-state index contributed by atoms with van der Waals surface area (Å²) >= 11 is 0. The summed E-state index contributed by atoms with van der Waals surface area (Å²) in [5.74, 6) is 0.471. The molecular weight excluding hydrogens is 252 g/mol. The SMILES string of the molecule is Cc1nc2ccc(S(=O)(=O)C(C)(C)C#N)cc2o1. The summed E-state index contributed by atoms with van der Waals surface area (Å²) in [6.45, 7) is 4.43. The smallest absolute Gasteiger partial charge is 0.196 e. The first-order valence-electron chi connectivity index (χ1n) is 5.31. The summed E-state index contributed by atoms with van der Waals surface area (Å²) in [7, 11) is -3.72. The van der Waals surface area contributed by atoms with E-state index in [1.54, 1.807) is 19.1 Å². The van der Waals surface area contributed by atoms with Crippen molar-refractivity contribution in [2.75, 3.05) is 0 Å². The van der Waals surface area contributed by atoms with E-state index in [-0.39, 0.29) is 4.90 Å². The van der Waals surface area contributed by atoms with Crippen molar-refractivity contribution < 1.29 is 12.8 Å². The van der Waals surface area contributed by atoms with E-state index < -0.39 is 14.6 Å². The third kappa shape index (κ3) is 1.77. The van der Waals surface area contributed by atoms with Crippen LogP contribution >= 0.6 is 0 Å². The van der Waals surface area contributed by atoms with Gasteiger partial charge in [-0.1, -0.05) is 0 Å². The van der Waals surface area contributed by atoms with E-state index in [0.717, 1.165) is 0 Å². The number of sulfone groups is 1. The molecule has 1 heterocycles. The lowest BCUT2D eigenvalue weighted by molar-refractivity contribution is 0.558. The Morgan fingerprint density at radius 1 is 1.39 bits per heavy atom. The number of nitriles is 1. The molecule has 0 aliphatic carbocycles. The lowest BCUT2D eigenvalue weighted by Crippen LogP contribution is -2.29. The quantitative estimate of drug-likeness (QED) is 0.830. The molecule has 0 N–H and O–H groups in total. The van der Waals surface area contributed by atoms with Crippen molar-refractivity contribution in [3.8, 4) is 6.07 Å². The highest BCUT2D eigenvalue weighted by atomic mass is 32.2. The number of benzene rings is 1. The molecule has 0 atom stereocenters. The fourth-order valence-corrected chi connectivity index (χ4v) is 2.76. The first kappa shape index (κ1) is 12.6. The third-order valence-electron chi connectivity index (χ3n) is 2.72. The zero-order valence-electron chi connectivity index (χ0n) is 10.3. The standard InChI is InChI=1S/C12H12N2O3S/c1-8-14-10-5-4-9(6-11(10)17-8)18(15,16)12(2,3)7-13/h4-6H,1-3H3. The van der Waals surface area contributed by atoms with Crippen molar-refractivity contribution >= 4 is 20.9 Å². The molecule has 0 aliphatic heterocycles. The van der Waals surface area contributed by atoms with Crippen molar-refractivity contribution in [3.05, 3.63) is 24.1 Å². The molecule has 0 unspecified atom stereocenters. The Labute approximate surface area is 105 Å². The second-order valence-electron chi connectivity index (χ2n) is 4.49. The Morgan fingerprint density at radius 3 is 2.67 bits per heavy atom. The van der Waals surface area contributed by atoms with Crippen LogP contribution in [-0.2, 0) is 9.84 Å². The summed E-state index contributed by atoms with van der Waals surface area (Å²) in [5.41, 5.74) is 1.00. The van der Waals surface area contributed by atoms with Crippen LogP contribution in [-0.4, -0.2) is 18.1 Å². The van der Waals surface area contributed by atoms with Gasteiger partial charge in [0.15, 0.2) is 26.1 Å². The summed E-state index contributed by atoms with van der Waals surface area (Å²) in [6.07, 6.45) is 0. The van der Waals surface area contributed by atoms with Crippen molar-refractivity contribution in [2.45, 2.75) is 30.4 Å². The largest absolute Gasteiger partial charge is 0.441 e. The molecule has 0 spiro atoms. The maximum Gasteiger partial charge on any atom is 0.196 e. The molecule has 2 rings (SSSR count). The van der Waals surface area contributed by atoms with Gasteiger partial charge in [0, 0.05) is 13.0 Å². The Bertz CT molecular complexity index is 751. The molecule has 5 nitrogen and oxygen atoms in total. The molecule has 18 heavy (non-hydrogen) atoms. The van der Waals surface area contributed by atoms with Crippen molar-refractivity contribution in [1.29, 1.82) is 5.26 Å². The maximum absolute atomic E-state index is 12.3. The average molecular weight is 264 g/mol. The Kier molecular flexibility index (Phi) is 2.67. The number of hydrogen-bond acceptors (Lipinski definition) is 5. The van der Waals surface area contributed by atoms with Gasteiger partial charge in [0.2, 0.25) is 0 Å². The van der Waals surface area contributed by atoms with Gasteiger partial charge in [-0.25, -0.2) is 13.4 Å². The van der Waals surface area contributed by atoms with E-state index in [0.29, 0.717) is 17.0 Å². The van der Waals surface area contributed by atoms with Crippen LogP contribution in [0.15, 0.2) is 27.5 Å². The molecule has 0 amide bonds. The van der Waals surface area contributed by atoms with E-state index in [2.05, 4.69) is 4.98 Å². The second kappa shape index (κ2) is 3.82. The number of hydrogen-bond donors (Lipinski definition) is 0. The van der Waals surface area contributed by atoms with Gasteiger partial charge in [-0.2, -0.15) is 5.26 Å². The van der Waals surface area contributed by atoms with Gasteiger partial charge in [-0.05, 0) is 26.0 Å². The summed E-state index contributed by atoms with van der Waals surface area (Å²) in [4.78, 5) is 4.16. The van der Waals surface area contributed by atoms with Crippen LogP contribution in [0.3, 0.4) is 0 Å². The number of aryl methyl sites for hydroxylation is 1. The van der Waals surface area contributed by atoms with Crippen LogP contribution in [0, 0.1) is 18.3 Å². The highest BCUT2D eigenvalue weighted by molar-refractivity contribution is 7.93. The van der Waals surface area contributed by atoms with Gasteiger partial charge in [-0.3, -0.25) is 0 Å². The number of oxazole rings is 1. The normalized spacial score (nSPS) is 12.6. The zero-order chi connectivity index (χ0) is 13.6. The molecule has 0 fully saturated rings. The van der Waals surface area contributed by atoms with Crippen LogP contribution in [0.4, 0.5) is 0 Å². The monoisotopic (exact) mass is 264 g/mol. The van der Waals surface area contributed by atoms with Crippen LogP contribution in [0.5, 0.6) is 0 Å². The van der Waals surface area contributed by atoms with E-state index in [4.69, 9.17) is 9.68 Å². The Hall–Kier alpha value is -1.87. The summed E-state index contributed by atoms with van der Waals surface area (Å²) in [5, 5.41) is 8.94. The molecule has 0 radical (unpaired) electrons. The van der Waals surface area contributed by atoms with Crippen molar-refractivity contribution in [2.24, 2.45) is 0 Å². The van der Waals surface area contributed by atoms with E-state index >= 15 is 0 Å². The lowest BCUT2D eigenvalue weighted by Gasteiger charge is -2.15. The van der Waals surface area contributed by atoms with Crippen LogP contribution in [0.25, 0.3) is 11.1 Å². The molecule has 0 saturated carbocycles. The minimum absolute atomic E-state index is 0.0673. The zero-order valence-corrected chi connectivity index (χ0v) is 11.1. The summed E-state index contributed by atoms with van der Waals surface area (Å²) in [6, 6.07) is 6.22. The number of fused-ring (bicyclic) bond motifs is 1. The van der Waals surface area contributed by atoms with Gasteiger partial charge >= 0.3 is 0 Å². The number of rotatable bonds is 2. The molecule has 1 aromatic carbocycles. The first-order chi connectivity index (χ1) is 8.28. The maximum atomic E-state index is 12.3. The van der Waals surface area contributed by atoms with Gasteiger partial charge in [0.1, 0.15) is 5.52 Å². The highest BCUT2D eigenvalue weighted by Crippen LogP contribution is 2.27. The molecule has 94 valence electrons. The Morgan fingerprint density at radius 2 is 2.06 bits per heavy atom. The molecule has 0 bridgehead atoms. The number of aromatic nitrogens is 1. The predicted octanol–water partition coefficient (Wildman–Crippen LogP) is 2.21.